The normalized spacial score (nSPS) is 11.3. The van der Waals surface area contributed by atoms with Gasteiger partial charge in [-0.2, -0.15) is 0 Å². The maximum absolute atomic E-state index is 5.88. The number of hydrogen-bond acceptors (Lipinski definition) is 0. The van der Waals surface area contributed by atoms with Gasteiger partial charge in [-0.05, 0) is 11.6 Å². The highest BCUT2D eigenvalue weighted by Crippen LogP contribution is 2.39. The summed E-state index contributed by atoms with van der Waals surface area (Å²) in [5, 5.41) is 0.471. The van der Waals surface area contributed by atoms with Crippen molar-refractivity contribution >= 4 is 58.0 Å². The van der Waals surface area contributed by atoms with Crippen molar-refractivity contribution in [1.29, 1.82) is 0 Å². The van der Waals surface area contributed by atoms with Crippen molar-refractivity contribution in [1.82, 2.24) is 0 Å². The first-order valence-corrected chi connectivity index (χ1v) is 5.51. The van der Waals surface area contributed by atoms with Gasteiger partial charge in [0.25, 0.3) is 0 Å². The lowest BCUT2D eigenvalue weighted by Gasteiger charge is -2.12. The van der Waals surface area contributed by atoms with Gasteiger partial charge < -0.3 is 0 Å². The minimum Gasteiger partial charge on any atom is -0.100 e. The lowest BCUT2D eigenvalue weighted by atomic mass is 10.1. The van der Waals surface area contributed by atoms with Crippen LogP contribution in [0, 0.1) is 0 Å². The number of halogens is 5. The van der Waals surface area contributed by atoms with Crippen LogP contribution in [0.15, 0.2) is 18.2 Å². The summed E-state index contributed by atoms with van der Waals surface area (Å²) in [6, 6.07) is 5.17. The number of benzene rings is 1. The predicted molar refractivity (Wildman–Crippen MR) is 60.3 cm³/mol. The molecule has 0 unspecified atom stereocenters. The average Bonchev–Trinajstić information content (AvgIpc) is 2.02. The lowest BCUT2D eigenvalue weighted by Crippen LogP contribution is -1.93. The van der Waals surface area contributed by atoms with Crippen molar-refractivity contribution in [3.63, 3.8) is 0 Å². The average molecular weight is 278 g/mol. The van der Waals surface area contributed by atoms with E-state index in [0.29, 0.717) is 16.1 Å². The maximum atomic E-state index is 5.88. The van der Waals surface area contributed by atoms with Crippen LogP contribution < -0.4 is 0 Å². The third kappa shape index (κ3) is 2.81. The van der Waals surface area contributed by atoms with E-state index in [1.807, 2.05) is 0 Å². The Labute approximate surface area is 102 Å². The molecule has 0 nitrogen and oxygen atoms in total. The van der Waals surface area contributed by atoms with E-state index >= 15 is 0 Å². The molecular formula is C8H5Cl5. The van der Waals surface area contributed by atoms with Gasteiger partial charge in [0, 0.05) is 10.6 Å². The van der Waals surface area contributed by atoms with Gasteiger partial charge in [-0.25, -0.2) is 0 Å². The van der Waals surface area contributed by atoms with Crippen LogP contribution in [-0.2, 0) is 0 Å². The van der Waals surface area contributed by atoms with Gasteiger partial charge in [0.05, 0.1) is 0 Å². The molecule has 5 heteroatoms. The molecule has 0 heterocycles. The first-order chi connectivity index (χ1) is 6.04. The highest BCUT2D eigenvalue weighted by molar-refractivity contribution is 6.47. The molecule has 0 radical (unpaired) electrons. The molecule has 0 amide bonds. The van der Waals surface area contributed by atoms with Gasteiger partial charge in [0.2, 0.25) is 0 Å². The Hall–Kier alpha value is 0.670. The smallest absolute Gasteiger partial charge is 0.100 e. The van der Waals surface area contributed by atoms with E-state index in [1.165, 1.54) is 0 Å². The third-order valence-corrected chi connectivity index (χ3v) is 2.78. The van der Waals surface area contributed by atoms with Gasteiger partial charge in [-0.3, -0.25) is 0 Å². The Balaban J connectivity index is 3.26. The molecule has 0 atom stereocenters. The van der Waals surface area contributed by atoms with Crippen molar-refractivity contribution in [2.75, 3.05) is 0 Å². The molecule has 13 heavy (non-hydrogen) atoms. The summed E-state index contributed by atoms with van der Waals surface area (Å²) < 4.78 is 0. The molecule has 0 fully saturated rings. The van der Waals surface area contributed by atoms with Crippen LogP contribution in [0.4, 0.5) is 0 Å². The fourth-order valence-corrected chi connectivity index (χ4v) is 2.24. The van der Waals surface area contributed by atoms with Gasteiger partial charge >= 0.3 is 0 Å². The second-order valence-corrected chi connectivity index (χ2v) is 4.94. The Bertz CT molecular complexity index is 295. The molecule has 72 valence electrons. The van der Waals surface area contributed by atoms with E-state index in [-0.39, 0.29) is 0 Å². The van der Waals surface area contributed by atoms with E-state index in [9.17, 15) is 0 Å². The van der Waals surface area contributed by atoms with Crippen molar-refractivity contribution in [3.8, 4) is 0 Å². The van der Waals surface area contributed by atoms with Crippen LogP contribution >= 0.6 is 58.0 Å². The monoisotopic (exact) mass is 276 g/mol. The fourth-order valence-electron chi connectivity index (χ4n) is 0.974. The number of hydrogen-bond donors (Lipinski definition) is 0. The first-order valence-electron chi connectivity index (χ1n) is 3.38. The van der Waals surface area contributed by atoms with Crippen LogP contribution in [0.3, 0.4) is 0 Å². The highest BCUT2D eigenvalue weighted by Gasteiger charge is 2.17. The SMILES string of the molecule is Clc1cccc(C(Cl)Cl)c1C(Cl)Cl. The van der Waals surface area contributed by atoms with Gasteiger partial charge in [0.1, 0.15) is 9.67 Å². The zero-order valence-electron chi connectivity index (χ0n) is 6.28. The maximum Gasteiger partial charge on any atom is 0.134 e. The van der Waals surface area contributed by atoms with Crippen LogP contribution in [-0.4, -0.2) is 0 Å². The van der Waals surface area contributed by atoms with E-state index in [1.54, 1.807) is 18.2 Å². The first kappa shape index (κ1) is 11.7. The quantitative estimate of drug-likeness (QED) is 0.645. The van der Waals surface area contributed by atoms with Crippen molar-refractivity contribution in [2.45, 2.75) is 9.67 Å². The minimum absolute atomic E-state index is 0.471. The van der Waals surface area contributed by atoms with Gasteiger partial charge in [-0.1, -0.05) is 46.9 Å². The Morgan fingerprint density at radius 1 is 0.923 bits per heavy atom. The van der Waals surface area contributed by atoms with E-state index < -0.39 is 9.67 Å². The molecule has 0 N–H and O–H groups in total. The molecule has 0 bridgehead atoms. The zero-order chi connectivity index (χ0) is 10.0. The summed E-state index contributed by atoms with van der Waals surface area (Å²) >= 11 is 28.8. The molecule has 0 aliphatic rings. The second kappa shape index (κ2) is 4.95. The van der Waals surface area contributed by atoms with E-state index in [0.717, 1.165) is 0 Å². The van der Waals surface area contributed by atoms with E-state index in [4.69, 9.17) is 58.0 Å². The van der Waals surface area contributed by atoms with Crippen LogP contribution in [0.25, 0.3) is 0 Å². The summed E-state index contributed by atoms with van der Waals surface area (Å²) in [6.45, 7) is 0. The van der Waals surface area contributed by atoms with Crippen LogP contribution in [0.5, 0.6) is 0 Å². The molecule has 0 spiro atoms. The van der Waals surface area contributed by atoms with Gasteiger partial charge in [0.15, 0.2) is 0 Å². The summed E-state index contributed by atoms with van der Waals surface area (Å²) in [6.07, 6.45) is 0. The number of alkyl halides is 4. The highest BCUT2D eigenvalue weighted by atomic mass is 35.5. The zero-order valence-corrected chi connectivity index (χ0v) is 10.1. The Morgan fingerprint density at radius 2 is 1.54 bits per heavy atom. The molecule has 0 aromatic heterocycles. The van der Waals surface area contributed by atoms with E-state index in [2.05, 4.69) is 0 Å². The summed E-state index contributed by atoms with van der Waals surface area (Å²) in [7, 11) is 0. The molecule has 0 saturated heterocycles. The molecule has 1 aromatic rings. The fraction of sp³-hybridized carbons (Fsp3) is 0.250. The summed E-state index contributed by atoms with van der Waals surface area (Å²) in [5.74, 6) is 0. The molecule has 0 aliphatic heterocycles. The Kier molecular flexibility index (Phi) is 4.47. The minimum atomic E-state index is -0.719. The topological polar surface area (TPSA) is 0 Å². The predicted octanol–water partition coefficient (Wildman–Crippen LogP) is 5.29. The Morgan fingerprint density at radius 3 is 1.92 bits per heavy atom. The lowest BCUT2D eigenvalue weighted by molar-refractivity contribution is 1.22. The molecule has 1 aromatic carbocycles. The van der Waals surface area contributed by atoms with Crippen molar-refractivity contribution in [3.05, 3.63) is 34.3 Å². The molecule has 0 saturated carbocycles. The number of rotatable bonds is 2. The third-order valence-electron chi connectivity index (χ3n) is 1.54. The summed E-state index contributed by atoms with van der Waals surface area (Å²) in [4.78, 5) is -1.39. The molecular weight excluding hydrogens is 273 g/mol. The van der Waals surface area contributed by atoms with Crippen LogP contribution in [0.2, 0.25) is 5.02 Å². The van der Waals surface area contributed by atoms with Crippen LogP contribution in [0.1, 0.15) is 20.8 Å². The summed E-state index contributed by atoms with van der Waals surface area (Å²) in [5.41, 5.74) is 1.22. The standard InChI is InChI=1S/C8H5Cl5/c9-5-3-1-2-4(7(10)11)6(5)8(12)13/h1-3,7-8H. The largest absolute Gasteiger partial charge is 0.134 e. The van der Waals surface area contributed by atoms with Gasteiger partial charge in [-0.15, -0.1) is 23.2 Å². The second-order valence-electron chi connectivity index (χ2n) is 2.34. The van der Waals surface area contributed by atoms with Crippen molar-refractivity contribution < 1.29 is 0 Å². The molecule has 0 aliphatic carbocycles. The molecule has 1 rings (SSSR count). The van der Waals surface area contributed by atoms with Crippen molar-refractivity contribution in [2.24, 2.45) is 0 Å².